The van der Waals surface area contributed by atoms with Gasteiger partial charge in [0.25, 0.3) is 0 Å². The summed E-state index contributed by atoms with van der Waals surface area (Å²) in [5.74, 6) is -1.82. The van der Waals surface area contributed by atoms with Crippen LogP contribution in [0.4, 0.5) is 9.59 Å². The van der Waals surface area contributed by atoms with Crippen molar-refractivity contribution < 1.29 is 33.8 Å². The van der Waals surface area contributed by atoms with E-state index in [0.717, 1.165) is 0 Å². The zero-order valence-electron chi connectivity index (χ0n) is 18.0. The van der Waals surface area contributed by atoms with Crippen LogP contribution in [0.2, 0.25) is 0 Å². The number of hydrogen-bond acceptors (Lipinski definition) is 7. The molecule has 11 heteroatoms. The van der Waals surface area contributed by atoms with Gasteiger partial charge < -0.3 is 19.9 Å². The van der Waals surface area contributed by atoms with E-state index in [2.05, 4.69) is 20.9 Å². The second kappa shape index (κ2) is 11.2. The van der Waals surface area contributed by atoms with Crippen LogP contribution in [-0.2, 0) is 19.1 Å². The Morgan fingerprint density at radius 3 is 1.72 bits per heavy atom. The lowest BCUT2D eigenvalue weighted by Gasteiger charge is -2.22. The Kier molecular flexibility index (Phi) is 10.1. The standard InChI is InChI=1S/C18H32N4O7/c1-11(23)20-12(13(24)25)9-8-10-19-14(21-15(26)28-17(2,3)4)22-16(27)29-18(5,6)7/h12H,8-10H2,1-7H3,(H,20,23)(H,24,25)(H2,19,21,22,26,27)/t12-/m0/s1. The smallest absolute Gasteiger partial charge is 0.414 e. The minimum Gasteiger partial charge on any atom is -0.480 e. The minimum atomic E-state index is -1.16. The number of carbonyl (C=O) groups excluding carboxylic acids is 3. The molecule has 0 unspecified atom stereocenters. The number of guanidine groups is 1. The second-order valence-electron chi connectivity index (χ2n) is 8.22. The third-order valence-electron chi connectivity index (χ3n) is 2.84. The van der Waals surface area contributed by atoms with Crippen molar-refractivity contribution >= 4 is 30.0 Å². The Morgan fingerprint density at radius 2 is 1.38 bits per heavy atom. The zero-order valence-corrected chi connectivity index (χ0v) is 18.0. The Balaban J connectivity index is 5.01. The molecule has 0 aliphatic carbocycles. The molecule has 0 bridgehead atoms. The molecule has 11 nitrogen and oxygen atoms in total. The van der Waals surface area contributed by atoms with Crippen LogP contribution in [0.3, 0.4) is 0 Å². The summed E-state index contributed by atoms with van der Waals surface area (Å²) in [6.07, 6.45) is -1.26. The van der Waals surface area contributed by atoms with Gasteiger partial charge in [0.15, 0.2) is 0 Å². The predicted octanol–water partition coefficient (Wildman–Crippen LogP) is 1.76. The van der Waals surface area contributed by atoms with Crippen LogP contribution in [-0.4, -0.2) is 58.9 Å². The molecular weight excluding hydrogens is 384 g/mol. The van der Waals surface area contributed by atoms with Crippen molar-refractivity contribution in [1.82, 2.24) is 16.0 Å². The van der Waals surface area contributed by atoms with Gasteiger partial charge in [-0.1, -0.05) is 0 Å². The Hall–Kier alpha value is -2.85. The van der Waals surface area contributed by atoms with Gasteiger partial charge in [0, 0.05) is 13.5 Å². The average Bonchev–Trinajstić information content (AvgIpc) is 2.45. The van der Waals surface area contributed by atoms with Gasteiger partial charge in [-0.2, -0.15) is 0 Å². The van der Waals surface area contributed by atoms with Crippen molar-refractivity contribution in [3.8, 4) is 0 Å². The molecule has 4 N–H and O–H groups in total. The lowest BCUT2D eigenvalue weighted by Crippen LogP contribution is -2.47. The number of ether oxygens (including phenoxy) is 2. The molecule has 0 heterocycles. The molecule has 0 radical (unpaired) electrons. The normalized spacial score (nSPS) is 12.2. The van der Waals surface area contributed by atoms with Crippen LogP contribution in [0.25, 0.3) is 0 Å². The van der Waals surface area contributed by atoms with Gasteiger partial charge in [0.2, 0.25) is 11.9 Å². The lowest BCUT2D eigenvalue weighted by molar-refractivity contribution is -0.141. The maximum atomic E-state index is 12.0. The van der Waals surface area contributed by atoms with E-state index in [-0.39, 0.29) is 25.3 Å². The number of aliphatic imine (C=N–C) groups is 1. The highest BCUT2D eigenvalue weighted by Gasteiger charge is 2.21. The van der Waals surface area contributed by atoms with E-state index in [4.69, 9.17) is 14.6 Å². The molecular formula is C18H32N4O7. The molecule has 3 amide bonds. The second-order valence-corrected chi connectivity index (χ2v) is 8.22. The quantitative estimate of drug-likeness (QED) is 0.292. The van der Waals surface area contributed by atoms with Crippen LogP contribution < -0.4 is 16.0 Å². The number of nitrogens with zero attached hydrogens (tertiary/aromatic N) is 1. The van der Waals surface area contributed by atoms with Gasteiger partial charge in [-0.05, 0) is 54.4 Å². The number of hydrogen-bond donors (Lipinski definition) is 4. The molecule has 0 fully saturated rings. The minimum absolute atomic E-state index is 0.0737. The average molecular weight is 416 g/mol. The molecule has 166 valence electrons. The highest BCUT2D eigenvalue weighted by Crippen LogP contribution is 2.08. The summed E-state index contributed by atoms with van der Waals surface area (Å²) in [5, 5.41) is 16.1. The van der Waals surface area contributed by atoms with Gasteiger partial charge in [-0.15, -0.1) is 0 Å². The van der Waals surface area contributed by atoms with E-state index in [1.54, 1.807) is 41.5 Å². The number of carboxylic acid groups (broad SMARTS) is 1. The molecule has 0 aromatic carbocycles. The van der Waals surface area contributed by atoms with E-state index in [0.29, 0.717) is 0 Å². The zero-order chi connectivity index (χ0) is 22.8. The molecule has 29 heavy (non-hydrogen) atoms. The fraction of sp³-hybridized carbons (Fsp3) is 0.722. The first kappa shape index (κ1) is 26.1. The third-order valence-corrected chi connectivity index (χ3v) is 2.84. The van der Waals surface area contributed by atoms with E-state index in [9.17, 15) is 19.2 Å². The molecule has 0 aromatic rings. The highest BCUT2D eigenvalue weighted by atomic mass is 16.6. The molecule has 0 aromatic heterocycles. The van der Waals surface area contributed by atoms with Crippen molar-refractivity contribution in [3.63, 3.8) is 0 Å². The van der Waals surface area contributed by atoms with Crippen molar-refractivity contribution in [2.45, 2.75) is 78.6 Å². The SMILES string of the molecule is CC(=O)N[C@@H](CCCN=C(NC(=O)OC(C)(C)C)NC(=O)OC(C)(C)C)C(=O)O. The number of alkyl carbamates (subject to hydrolysis) is 2. The van der Waals surface area contributed by atoms with E-state index < -0.39 is 41.3 Å². The number of amides is 3. The number of nitrogens with one attached hydrogen (secondary N) is 3. The first-order chi connectivity index (χ1) is 13.1. The van der Waals surface area contributed by atoms with Crippen LogP contribution in [0.15, 0.2) is 4.99 Å². The number of carboxylic acids is 1. The van der Waals surface area contributed by atoms with Gasteiger partial charge in [-0.3, -0.25) is 20.4 Å². The molecule has 1 atom stereocenters. The number of rotatable bonds is 6. The summed E-state index contributed by atoms with van der Waals surface area (Å²) in [7, 11) is 0. The van der Waals surface area contributed by atoms with Crippen molar-refractivity contribution in [2.24, 2.45) is 4.99 Å². The number of aliphatic carboxylic acids is 1. The Labute approximate surface area is 170 Å². The molecule has 0 aliphatic heterocycles. The highest BCUT2D eigenvalue weighted by molar-refractivity contribution is 6.01. The topological polar surface area (TPSA) is 155 Å². The maximum absolute atomic E-state index is 12.0. The van der Waals surface area contributed by atoms with Crippen molar-refractivity contribution in [3.05, 3.63) is 0 Å². The van der Waals surface area contributed by atoms with Crippen LogP contribution in [0.5, 0.6) is 0 Å². The van der Waals surface area contributed by atoms with Gasteiger partial charge in [0.1, 0.15) is 17.2 Å². The summed E-state index contributed by atoms with van der Waals surface area (Å²) >= 11 is 0. The van der Waals surface area contributed by atoms with Gasteiger partial charge >= 0.3 is 18.2 Å². The number of carbonyl (C=O) groups is 4. The summed E-state index contributed by atoms with van der Waals surface area (Å²) in [6.45, 7) is 11.4. The monoisotopic (exact) mass is 416 g/mol. The molecule has 0 saturated heterocycles. The third kappa shape index (κ3) is 14.8. The summed E-state index contributed by atoms with van der Waals surface area (Å²) < 4.78 is 10.2. The van der Waals surface area contributed by atoms with E-state index >= 15 is 0 Å². The van der Waals surface area contributed by atoms with E-state index in [1.807, 2.05) is 0 Å². The van der Waals surface area contributed by atoms with Crippen LogP contribution >= 0.6 is 0 Å². The maximum Gasteiger partial charge on any atom is 0.414 e. The van der Waals surface area contributed by atoms with Crippen LogP contribution in [0, 0.1) is 0 Å². The fourth-order valence-corrected chi connectivity index (χ4v) is 1.90. The Morgan fingerprint density at radius 1 is 0.931 bits per heavy atom. The first-order valence-electron chi connectivity index (χ1n) is 9.13. The molecule has 0 rings (SSSR count). The summed E-state index contributed by atoms with van der Waals surface area (Å²) in [6, 6.07) is -1.05. The molecule has 0 saturated carbocycles. The summed E-state index contributed by atoms with van der Waals surface area (Å²) in [5.41, 5.74) is -1.51. The molecule has 0 spiro atoms. The van der Waals surface area contributed by atoms with Gasteiger partial charge in [-0.25, -0.2) is 14.4 Å². The predicted molar refractivity (Wildman–Crippen MR) is 106 cm³/mol. The fourth-order valence-electron chi connectivity index (χ4n) is 1.90. The van der Waals surface area contributed by atoms with E-state index in [1.165, 1.54) is 6.92 Å². The van der Waals surface area contributed by atoms with Crippen LogP contribution in [0.1, 0.15) is 61.3 Å². The molecule has 0 aliphatic rings. The van der Waals surface area contributed by atoms with Crippen molar-refractivity contribution in [1.29, 1.82) is 0 Å². The Bertz CT molecular complexity index is 601. The first-order valence-corrected chi connectivity index (χ1v) is 9.13. The van der Waals surface area contributed by atoms with Crippen molar-refractivity contribution in [2.75, 3.05) is 6.54 Å². The summed E-state index contributed by atoms with van der Waals surface area (Å²) in [4.78, 5) is 50.1. The lowest BCUT2D eigenvalue weighted by atomic mass is 10.1. The van der Waals surface area contributed by atoms with Gasteiger partial charge in [0.05, 0.1) is 0 Å². The largest absolute Gasteiger partial charge is 0.480 e.